The predicted molar refractivity (Wildman–Crippen MR) is 98.9 cm³/mol. The van der Waals surface area contributed by atoms with Gasteiger partial charge >= 0.3 is 5.97 Å². The standard InChI is InChI=1S/C19H25N3O4/c1-14-7-6-8-15-18(14)21-13-22(19(15)25)12-10-16(23)20-11-5-3-4-9-17(24)26-2/h6-8,13H,3-5,9-12H2,1-2H3,(H,20,23). The number of ether oxygens (including phenoxy) is 1. The lowest BCUT2D eigenvalue weighted by Crippen LogP contribution is -2.28. The number of methoxy groups -OCH3 is 1. The summed E-state index contributed by atoms with van der Waals surface area (Å²) in [6.45, 7) is 2.77. The number of aromatic nitrogens is 2. The van der Waals surface area contributed by atoms with Crippen molar-refractivity contribution in [3.63, 3.8) is 0 Å². The van der Waals surface area contributed by atoms with Gasteiger partial charge in [-0.25, -0.2) is 4.98 Å². The third-order valence-electron chi connectivity index (χ3n) is 4.24. The number of hydrogen-bond donors (Lipinski definition) is 1. The number of carbonyl (C=O) groups is 2. The van der Waals surface area contributed by atoms with Gasteiger partial charge in [-0.15, -0.1) is 0 Å². The van der Waals surface area contributed by atoms with Gasteiger partial charge in [0.05, 0.1) is 24.3 Å². The SMILES string of the molecule is COC(=O)CCCCCNC(=O)CCn1cnc2c(C)cccc2c1=O. The Morgan fingerprint density at radius 2 is 2.00 bits per heavy atom. The van der Waals surface area contributed by atoms with Crippen molar-refractivity contribution in [1.82, 2.24) is 14.9 Å². The minimum atomic E-state index is -0.210. The first-order valence-electron chi connectivity index (χ1n) is 8.81. The van der Waals surface area contributed by atoms with Crippen LogP contribution in [0.2, 0.25) is 0 Å². The van der Waals surface area contributed by atoms with Crippen LogP contribution in [0.15, 0.2) is 29.3 Å². The Bertz CT molecular complexity index is 829. The van der Waals surface area contributed by atoms with Gasteiger partial charge in [0.1, 0.15) is 0 Å². The van der Waals surface area contributed by atoms with E-state index in [1.165, 1.54) is 18.0 Å². The summed E-state index contributed by atoms with van der Waals surface area (Å²) in [5, 5.41) is 3.40. The fraction of sp³-hybridized carbons (Fsp3) is 0.474. The first-order valence-corrected chi connectivity index (χ1v) is 8.81. The van der Waals surface area contributed by atoms with Crippen LogP contribution in [-0.2, 0) is 20.9 Å². The molecule has 0 atom stereocenters. The lowest BCUT2D eigenvalue weighted by atomic mass is 10.1. The molecule has 7 heteroatoms. The third kappa shape index (κ3) is 5.40. The number of nitrogens with one attached hydrogen (secondary N) is 1. The molecule has 2 rings (SSSR count). The van der Waals surface area contributed by atoms with Crippen molar-refractivity contribution in [3.8, 4) is 0 Å². The van der Waals surface area contributed by atoms with Crippen LogP contribution in [0.1, 0.15) is 37.7 Å². The first-order chi connectivity index (χ1) is 12.5. The predicted octanol–water partition coefficient (Wildman–Crippen LogP) is 1.94. The van der Waals surface area contributed by atoms with Crippen LogP contribution in [0.4, 0.5) is 0 Å². The molecule has 0 bridgehead atoms. The summed E-state index contributed by atoms with van der Waals surface area (Å²) in [5.74, 6) is -0.312. The Morgan fingerprint density at radius 3 is 2.77 bits per heavy atom. The molecule has 0 aliphatic carbocycles. The molecule has 1 aromatic heterocycles. The van der Waals surface area contributed by atoms with E-state index in [4.69, 9.17) is 0 Å². The van der Waals surface area contributed by atoms with Gasteiger partial charge in [-0.05, 0) is 31.4 Å². The normalized spacial score (nSPS) is 10.7. The lowest BCUT2D eigenvalue weighted by Gasteiger charge is -2.08. The zero-order chi connectivity index (χ0) is 18.9. The van der Waals surface area contributed by atoms with Crippen molar-refractivity contribution in [2.45, 2.75) is 45.6 Å². The topological polar surface area (TPSA) is 90.3 Å². The number of aryl methyl sites for hydroxylation is 2. The van der Waals surface area contributed by atoms with Crippen LogP contribution < -0.4 is 10.9 Å². The van der Waals surface area contributed by atoms with Crippen LogP contribution in [0.5, 0.6) is 0 Å². The number of para-hydroxylation sites is 1. The summed E-state index contributed by atoms with van der Waals surface area (Å²) in [6, 6.07) is 5.50. The summed E-state index contributed by atoms with van der Waals surface area (Å²) in [4.78, 5) is 39.7. The quantitative estimate of drug-likeness (QED) is 0.546. The summed E-state index contributed by atoms with van der Waals surface area (Å²) in [7, 11) is 1.38. The van der Waals surface area contributed by atoms with Gasteiger partial charge in [-0.1, -0.05) is 18.6 Å². The summed E-state index contributed by atoms with van der Waals surface area (Å²) in [6.07, 6.45) is 4.53. The van der Waals surface area contributed by atoms with E-state index in [9.17, 15) is 14.4 Å². The number of amides is 1. The van der Waals surface area contributed by atoms with Crippen LogP contribution >= 0.6 is 0 Å². The van der Waals surface area contributed by atoms with Crippen LogP contribution in [0.3, 0.4) is 0 Å². The van der Waals surface area contributed by atoms with E-state index < -0.39 is 0 Å². The maximum absolute atomic E-state index is 12.5. The monoisotopic (exact) mass is 359 g/mol. The largest absolute Gasteiger partial charge is 0.469 e. The molecule has 0 radical (unpaired) electrons. The molecular weight excluding hydrogens is 334 g/mol. The second-order valence-electron chi connectivity index (χ2n) is 6.20. The Hall–Kier alpha value is -2.70. The van der Waals surface area contributed by atoms with Gasteiger partial charge in [0.25, 0.3) is 5.56 Å². The van der Waals surface area contributed by atoms with E-state index in [-0.39, 0.29) is 23.9 Å². The van der Waals surface area contributed by atoms with Crippen molar-refractivity contribution < 1.29 is 14.3 Å². The van der Waals surface area contributed by atoms with Crippen molar-refractivity contribution in [1.29, 1.82) is 0 Å². The van der Waals surface area contributed by atoms with Crippen LogP contribution in [-0.4, -0.2) is 35.1 Å². The molecule has 26 heavy (non-hydrogen) atoms. The maximum atomic E-state index is 12.5. The van der Waals surface area contributed by atoms with Crippen molar-refractivity contribution >= 4 is 22.8 Å². The molecule has 1 amide bonds. The van der Waals surface area contributed by atoms with Crippen LogP contribution in [0.25, 0.3) is 10.9 Å². The Balaban J connectivity index is 1.76. The number of nitrogens with zero attached hydrogens (tertiary/aromatic N) is 2. The summed E-state index contributed by atoms with van der Waals surface area (Å²) < 4.78 is 6.04. The molecule has 1 heterocycles. The highest BCUT2D eigenvalue weighted by Crippen LogP contribution is 2.11. The molecule has 2 aromatic rings. The molecule has 0 spiro atoms. The van der Waals surface area contributed by atoms with Crippen molar-refractivity contribution in [2.24, 2.45) is 0 Å². The minimum Gasteiger partial charge on any atom is -0.469 e. The highest BCUT2D eigenvalue weighted by Gasteiger charge is 2.08. The van der Waals surface area contributed by atoms with Gasteiger partial charge in [-0.3, -0.25) is 19.0 Å². The number of hydrogen-bond acceptors (Lipinski definition) is 5. The van der Waals surface area contributed by atoms with E-state index >= 15 is 0 Å². The molecule has 1 aromatic carbocycles. The second kappa shape index (κ2) is 9.70. The molecule has 0 saturated carbocycles. The highest BCUT2D eigenvalue weighted by molar-refractivity contribution is 5.80. The molecule has 140 valence electrons. The zero-order valence-electron chi connectivity index (χ0n) is 15.3. The summed E-state index contributed by atoms with van der Waals surface area (Å²) in [5.41, 5.74) is 1.52. The Morgan fingerprint density at radius 1 is 1.19 bits per heavy atom. The fourth-order valence-electron chi connectivity index (χ4n) is 2.71. The maximum Gasteiger partial charge on any atom is 0.305 e. The van der Waals surface area contributed by atoms with E-state index in [1.54, 1.807) is 6.07 Å². The number of carbonyl (C=O) groups excluding carboxylic acids is 2. The van der Waals surface area contributed by atoms with E-state index in [1.807, 2.05) is 19.1 Å². The fourth-order valence-corrected chi connectivity index (χ4v) is 2.71. The van der Waals surface area contributed by atoms with Gasteiger partial charge in [-0.2, -0.15) is 0 Å². The highest BCUT2D eigenvalue weighted by atomic mass is 16.5. The molecule has 0 aliphatic rings. The number of rotatable bonds is 9. The number of benzene rings is 1. The van der Waals surface area contributed by atoms with Gasteiger partial charge < -0.3 is 10.1 Å². The zero-order valence-corrected chi connectivity index (χ0v) is 15.3. The first kappa shape index (κ1) is 19.6. The average Bonchev–Trinajstić information content (AvgIpc) is 2.64. The third-order valence-corrected chi connectivity index (χ3v) is 4.24. The molecule has 0 unspecified atom stereocenters. The van der Waals surface area contributed by atoms with E-state index in [0.717, 1.165) is 24.8 Å². The van der Waals surface area contributed by atoms with Crippen molar-refractivity contribution in [2.75, 3.05) is 13.7 Å². The molecule has 0 saturated heterocycles. The lowest BCUT2D eigenvalue weighted by molar-refractivity contribution is -0.140. The number of unbranched alkanes of at least 4 members (excludes halogenated alkanes) is 2. The Labute approximate surface area is 152 Å². The smallest absolute Gasteiger partial charge is 0.305 e. The van der Waals surface area contributed by atoms with Gasteiger partial charge in [0.2, 0.25) is 5.91 Å². The van der Waals surface area contributed by atoms with E-state index in [0.29, 0.717) is 30.4 Å². The number of esters is 1. The molecule has 0 fully saturated rings. The second-order valence-corrected chi connectivity index (χ2v) is 6.20. The molecule has 1 N–H and O–H groups in total. The average molecular weight is 359 g/mol. The van der Waals surface area contributed by atoms with Gasteiger partial charge in [0, 0.05) is 25.9 Å². The molecule has 7 nitrogen and oxygen atoms in total. The van der Waals surface area contributed by atoms with Gasteiger partial charge in [0.15, 0.2) is 0 Å². The summed E-state index contributed by atoms with van der Waals surface area (Å²) >= 11 is 0. The molecular formula is C19H25N3O4. The number of fused-ring (bicyclic) bond motifs is 1. The minimum absolute atomic E-state index is 0.103. The van der Waals surface area contributed by atoms with E-state index in [2.05, 4.69) is 15.0 Å². The Kier molecular flexibility index (Phi) is 7.32. The van der Waals surface area contributed by atoms with Crippen molar-refractivity contribution in [3.05, 3.63) is 40.4 Å². The van der Waals surface area contributed by atoms with Crippen LogP contribution in [0, 0.1) is 6.92 Å². The molecule has 0 aliphatic heterocycles.